The number of benzene rings is 2. The van der Waals surface area contributed by atoms with Gasteiger partial charge in [-0.15, -0.1) is 11.8 Å². The lowest BCUT2D eigenvalue weighted by atomic mass is 10.1. The van der Waals surface area contributed by atoms with Crippen LogP contribution in [0.4, 0.5) is 4.79 Å². The number of amides is 1. The van der Waals surface area contributed by atoms with Crippen molar-refractivity contribution >= 4 is 17.9 Å². The lowest BCUT2D eigenvalue weighted by Gasteiger charge is -2.20. The molecule has 0 spiro atoms. The number of aliphatic hydroxyl groups is 1. The molecule has 4 nitrogen and oxygen atoms in total. The highest BCUT2D eigenvalue weighted by Gasteiger charge is 2.20. The van der Waals surface area contributed by atoms with Crippen LogP contribution in [0.5, 0.6) is 0 Å². The SMILES string of the molecule is O=C(OCc1ccccc1)N1CCSc2cc(CO)ccc2C1. The number of carbonyl (C=O) groups excluding carboxylic acids is 1. The maximum atomic E-state index is 12.3. The van der Waals surface area contributed by atoms with Crippen molar-refractivity contribution in [2.24, 2.45) is 0 Å². The first-order valence-corrected chi connectivity index (χ1v) is 8.56. The van der Waals surface area contributed by atoms with Gasteiger partial charge in [0.15, 0.2) is 0 Å². The van der Waals surface area contributed by atoms with Crippen molar-refractivity contribution in [2.45, 2.75) is 24.7 Å². The fourth-order valence-electron chi connectivity index (χ4n) is 2.48. The molecule has 0 bridgehead atoms. The molecule has 0 atom stereocenters. The van der Waals surface area contributed by atoms with Crippen LogP contribution in [0.15, 0.2) is 53.4 Å². The second kappa shape index (κ2) is 7.53. The van der Waals surface area contributed by atoms with E-state index in [0.29, 0.717) is 19.7 Å². The Hall–Kier alpha value is -1.98. The third kappa shape index (κ3) is 4.06. The van der Waals surface area contributed by atoms with Crippen LogP contribution in [0, 0.1) is 0 Å². The molecule has 1 aliphatic rings. The van der Waals surface area contributed by atoms with Gasteiger partial charge in [-0.3, -0.25) is 0 Å². The van der Waals surface area contributed by atoms with Crippen molar-refractivity contribution in [3.63, 3.8) is 0 Å². The summed E-state index contributed by atoms with van der Waals surface area (Å²) in [6.07, 6.45) is -0.284. The summed E-state index contributed by atoms with van der Waals surface area (Å²) in [5, 5.41) is 9.23. The van der Waals surface area contributed by atoms with Crippen LogP contribution < -0.4 is 0 Å². The minimum atomic E-state index is -0.284. The molecule has 1 aliphatic heterocycles. The fourth-order valence-corrected chi connectivity index (χ4v) is 3.56. The molecule has 1 amide bonds. The van der Waals surface area contributed by atoms with E-state index in [1.807, 2.05) is 48.5 Å². The second-order valence-corrected chi connectivity index (χ2v) is 6.55. The molecule has 1 heterocycles. The number of aliphatic hydroxyl groups excluding tert-OH is 1. The van der Waals surface area contributed by atoms with Gasteiger partial charge in [0.2, 0.25) is 0 Å². The molecule has 2 aromatic carbocycles. The van der Waals surface area contributed by atoms with Crippen LogP contribution in [-0.4, -0.2) is 28.4 Å². The number of rotatable bonds is 3. The van der Waals surface area contributed by atoms with E-state index in [1.54, 1.807) is 16.7 Å². The first-order chi connectivity index (χ1) is 11.3. The number of nitrogens with zero attached hydrogens (tertiary/aromatic N) is 1. The quantitative estimate of drug-likeness (QED) is 0.937. The summed E-state index contributed by atoms with van der Waals surface area (Å²) in [6.45, 7) is 1.53. The molecular weight excluding hydrogens is 310 g/mol. The Bertz CT molecular complexity index is 675. The third-order valence-electron chi connectivity index (χ3n) is 3.76. The Morgan fingerprint density at radius 1 is 1.17 bits per heavy atom. The van der Waals surface area contributed by atoms with Crippen molar-refractivity contribution in [3.05, 3.63) is 65.2 Å². The molecule has 0 unspecified atom stereocenters. The number of thioether (sulfide) groups is 1. The molecule has 0 radical (unpaired) electrons. The van der Waals surface area contributed by atoms with Gasteiger partial charge in [-0.1, -0.05) is 42.5 Å². The van der Waals surface area contributed by atoms with E-state index in [0.717, 1.165) is 27.3 Å². The minimum absolute atomic E-state index is 0.0384. The highest BCUT2D eigenvalue weighted by atomic mass is 32.2. The Morgan fingerprint density at radius 3 is 2.78 bits per heavy atom. The first-order valence-electron chi connectivity index (χ1n) is 7.57. The van der Waals surface area contributed by atoms with Gasteiger partial charge in [0.05, 0.1) is 13.2 Å². The molecular formula is C18H19NO3S. The summed E-state index contributed by atoms with van der Waals surface area (Å²) >= 11 is 1.71. The standard InChI is InChI=1S/C18H19NO3S/c20-12-15-6-7-16-11-19(8-9-23-17(16)10-15)18(21)22-13-14-4-2-1-3-5-14/h1-7,10,20H,8-9,11-13H2. The average molecular weight is 329 g/mol. The van der Waals surface area contributed by atoms with Gasteiger partial charge >= 0.3 is 6.09 Å². The van der Waals surface area contributed by atoms with E-state index < -0.39 is 0 Å². The largest absolute Gasteiger partial charge is 0.445 e. The molecule has 23 heavy (non-hydrogen) atoms. The van der Waals surface area contributed by atoms with Gasteiger partial charge in [0.25, 0.3) is 0 Å². The highest BCUT2D eigenvalue weighted by Crippen LogP contribution is 2.28. The monoisotopic (exact) mass is 329 g/mol. The number of fused-ring (bicyclic) bond motifs is 1. The number of ether oxygens (including phenoxy) is 1. The van der Waals surface area contributed by atoms with Crippen LogP contribution in [-0.2, 0) is 24.5 Å². The van der Waals surface area contributed by atoms with Gasteiger partial charge in [-0.2, -0.15) is 0 Å². The van der Waals surface area contributed by atoms with Crippen LogP contribution in [0.3, 0.4) is 0 Å². The van der Waals surface area contributed by atoms with E-state index in [-0.39, 0.29) is 12.7 Å². The van der Waals surface area contributed by atoms with E-state index in [4.69, 9.17) is 4.74 Å². The van der Waals surface area contributed by atoms with Crippen molar-refractivity contribution in [3.8, 4) is 0 Å². The molecule has 0 saturated carbocycles. The summed E-state index contributed by atoms with van der Waals surface area (Å²) in [5.41, 5.74) is 2.98. The van der Waals surface area contributed by atoms with Crippen LogP contribution in [0.1, 0.15) is 16.7 Å². The predicted octanol–water partition coefficient (Wildman–Crippen LogP) is 3.42. The van der Waals surface area contributed by atoms with E-state index in [1.165, 1.54) is 0 Å². The maximum absolute atomic E-state index is 12.3. The normalized spacial score (nSPS) is 14.0. The molecule has 3 rings (SSSR count). The molecule has 2 aromatic rings. The van der Waals surface area contributed by atoms with E-state index in [9.17, 15) is 9.90 Å². The zero-order valence-corrected chi connectivity index (χ0v) is 13.6. The van der Waals surface area contributed by atoms with Crippen LogP contribution in [0.25, 0.3) is 0 Å². The Morgan fingerprint density at radius 2 is 2.00 bits per heavy atom. The minimum Gasteiger partial charge on any atom is -0.445 e. The van der Waals surface area contributed by atoms with Gasteiger partial charge < -0.3 is 14.7 Å². The fraction of sp³-hybridized carbons (Fsp3) is 0.278. The Kier molecular flexibility index (Phi) is 5.20. The average Bonchev–Trinajstić information content (AvgIpc) is 2.82. The summed E-state index contributed by atoms with van der Waals surface area (Å²) < 4.78 is 5.42. The van der Waals surface area contributed by atoms with E-state index >= 15 is 0 Å². The number of hydrogen-bond acceptors (Lipinski definition) is 4. The summed E-state index contributed by atoms with van der Waals surface area (Å²) in [6, 6.07) is 15.6. The number of hydrogen-bond donors (Lipinski definition) is 1. The Balaban J connectivity index is 1.64. The first kappa shape index (κ1) is 15.9. The molecule has 0 saturated heterocycles. The Labute approximate surface area is 140 Å². The summed E-state index contributed by atoms with van der Waals surface area (Å²) in [7, 11) is 0. The van der Waals surface area contributed by atoms with Crippen molar-refractivity contribution in [1.82, 2.24) is 4.90 Å². The lowest BCUT2D eigenvalue weighted by Crippen LogP contribution is -2.32. The molecule has 0 aliphatic carbocycles. The molecule has 0 aromatic heterocycles. The topological polar surface area (TPSA) is 49.8 Å². The van der Waals surface area contributed by atoms with Crippen molar-refractivity contribution < 1.29 is 14.6 Å². The molecule has 0 fully saturated rings. The molecule has 5 heteroatoms. The van der Waals surface area contributed by atoms with Crippen LogP contribution in [0.2, 0.25) is 0 Å². The highest BCUT2D eigenvalue weighted by molar-refractivity contribution is 7.99. The van der Waals surface area contributed by atoms with Crippen molar-refractivity contribution in [2.75, 3.05) is 12.3 Å². The smallest absolute Gasteiger partial charge is 0.410 e. The predicted molar refractivity (Wildman–Crippen MR) is 90.1 cm³/mol. The summed E-state index contributed by atoms with van der Waals surface area (Å²) in [4.78, 5) is 15.2. The zero-order valence-electron chi connectivity index (χ0n) is 12.8. The van der Waals surface area contributed by atoms with Crippen LogP contribution >= 0.6 is 11.8 Å². The lowest BCUT2D eigenvalue weighted by molar-refractivity contribution is 0.0961. The maximum Gasteiger partial charge on any atom is 0.410 e. The molecule has 120 valence electrons. The number of carbonyl (C=O) groups is 1. The van der Waals surface area contributed by atoms with E-state index in [2.05, 4.69) is 0 Å². The van der Waals surface area contributed by atoms with Gasteiger partial charge in [0, 0.05) is 17.2 Å². The van der Waals surface area contributed by atoms with Gasteiger partial charge in [-0.05, 0) is 22.8 Å². The summed E-state index contributed by atoms with van der Waals surface area (Å²) in [5.74, 6) is 0.822. The van der Waals surface area contributed by atoms with Gasteiger partial charge in [-0.25, -0.2) is 4.79 Å². The van der Waals surface area contributed by atoms with Crippen molar-refractivity contribution in [1.29, 1.82) is 0 Å². The zero-order chi connectivity index (χ0) is 16.1. The second-order valence-electron chi connectivity index (χ2n) is 5.41. The third-order valence-corrected chi connectivity index (χ3v) is 4.84. The van der Waals surface area contributed by atoms with Gasteiger partial charge in [0.1, 0.15) is 6.61 Å². The molecule has 1 N–H and O–H groups in total.